The van der Waals surface area contributed by atoms with E-state index in [-0.39, 0.29) is 48.8 Å². The maximum absolute atomic E-state index is 13.7. The van der Waals surface area contributed by atoms with Gasteiger partial charge in [0.05, 0.1) is 29.1 Å². The highest BCUT2D eigenvalue weighted by Gasteiger charge is 2.45. The van der Waals surface area contributed by atoms with Crippen LogP contribution in [0.15, 0.2) is 24.3 Å². The van der Waals surface area contributed by atoms with Crippen molar-refractivity contribution < 1.29 is 9.59 Å². The van der Waals surface area contributed by atoms with Crippen LogP contribution in [0.25, 0.3) is 10.2 Å². The molecule has 0 saturated carbocycles. The zero-order chi connectivity index (χ0) is 24.5. The first kappa shape index (κ1) is 24.7. The highest BCUT2D eigenvalue weighted by molar-refractivity contribution is 7.18. The number of hydrogen-bond donors (Lipinski definition) is 0. The fourth-order valence-corrected chi connectivity index (χ4v) is 7.04. The number of nitriles is 1. The Labute approximate surface area is 206 Å². The average molecular weight is 481 g/mol. The number of hydrogen-bond acceptors (Lipinski definition) is 5. The van der Waals surface area contributed by atoms with Gasteiger partial charge in [-0.15, -0.1) is 11.3 Å². The molecule has 2 aliphatic rings. The van der Waals surface area contributed by atoms with Crippen LogP contribution in [0.5, 0.6) is 0 Å². The highest BCUT2D eigenvalue weighted by Crippen LogP contribution is 2.39. The van der Waals surface area contributed by atoms with Gasteiger partial charge in [-0.2, -0.15) is 5.26 Å². The van der Waals surface area contributed by atoms with E-state index in [9.17, 15) is 14.9 Å². The van der Waals surface area contributed by atoms with Crippen LogP contribution in [0.4, 0.5) is 0 Å². The van der Waals surface area contributed by atoms with Crippen molar-refractivity contribution in [3.63, 3.8) is 0 Å². The molecule has 0 bridgehead atoms. The van der Waals surface area contributed by atoms with Crippen LogP contribution >= 0.6 is 11.3 Å². The van der Waals surface area contributed by atoms with Crippen LogP contribution < -0.4 is 0 Å². The van der Waals surface area contributed by atoms with Crippen molar-refractivity contribution in [3.05, 3.63) is 29.3 Å². The van der Waals surface area contributed by atoms with Gasteiger partial charge in [0.2, 0.25) is 11.8 Å². The number of piperidine rings is 2. The Kier molecular flexibility index (Phi) is 7.28. The lowest BCUT2D eigenvalue weighted by Crippen LogP contribution is -2.51. The van der Waals surface area contributed by atoms with Gasteiger partial charge in [-0.05, 0) is 78.4 Å². The van der Waals surface area contributed by atoms with Gasteiger partial charge in [0.1, 0.15) is 10.4 Å². The van der Waals surface area contributed by atoms with Crippen LogP contribution in [0.2, 0.25) is 0 Å². The maximum Gasteiger partial charge on any atom is 0.225 e. The average Bonchev–Trinajstić information content (AvgIpc) is 3.23. The number of carbonyl (C=O) groups excluding carboxylic acids is 2. The molecule has 2 aromatic rings. The first-order valence-corrected chi connectivity index (χ1v) is 13.5. The van der Waals surface area contributed by atoms with Crippen molar-refractivity contribution in [1.82, 2.24) is 14.8 Å². The number of para-hydroxylation sites is 1. The van der Waals surface area contributed by atoms with Crippen LogP contribution in [0, 0.1) is 11.3 Å². The fourth-order valence-electron chi connectivity index (χ4n) is 5.94. The largest absolute Gasteiger partial charge is 0.337 e. The van der Waals surface area contributed by atoms with Gasteiger partial charge in [0.25, 0.3) is 0 Å². The van der Waals surface area contributed by atoms with Crippen molar-refractivity contribution in [3.8, 4) is 6.07 Å². The van der Waals surface area contributed by atoms with E-state index in [4.69, 9.17) is 4.98 Å². The normalized spacial score (nSPS) is 27.3. The molecule has 1 aromatic carbocycles. The Balaban J connectivity index is 1.71. The number of carbonyl (C=O) groups is 2. The number of aromatic nitrogens is 1. The van der Waals surface area contributed by atoms with Gasteiger partial charge in [-0.3, -0.25) is 9.59 Å². The fraction of sp³-hybridized carbons (Fsp3) is 0.630. The summed E-state index contributed by atoms with van der Waals surface area (Å²) in [5.74, 6) is -0.0962. The lowest BCUT2D eigenvalue weighted by atomic mass is 9.80. The Morgan fingerprint density at radius 1 is 0.941 bits per heavy atom. The van der Waals surface area contributed by atoms with Gasteiger partial charge in [0.15, 0.2) is 0 Å². The molecule has 4 rings (SSSR count). The summed E-state index contributed by atoms with van der Waals surface area (Å²) in [7, 11) is 0. The third kappa shape index (κ3) is 4.70. The molecule has 3 heterocycles. The number of likely N-dealkylation sites (tertiary alicyclic amines) is 2. The Morgan fingerprint density at radius 2 is 1.41 bits per heavy atom. The highest BCUT2D eigenvalue weighted by atomic mass is 32.1. The van der Waals surface area contributed by atoms with Gasteiger partial charge in [-0.25, -0.2) is 4.98 Å². The smallest absolute Gasteiger partial charge is 0.225 e. The molecule has 182 valence electrons. The minimum Gasteiger partial charge on any atom is -0.337 e. The lowest BCUT2D eigenvalue weighted by Gasteiger charge is -2.42. The first-order chi connectivity index (χ1) is 16.3. The van der Waals surface area contributed by atoms with E-state index in [1.807, 2.05) is 34.1 Å². The lowest BCUT2D eigenvalue weighted by molar-refractivity contribution is -0.140. The molecule has 2 amide bonds. The van der Waals surface area contributed by atoms with Crippen molar-refractivity contribution in [1.29, 1.82) is 5.26 Å². The predicted octanol–water partition coefficient (Wildman–Crippen LogP) is 5.42. The molecule has 2 saturated heterocycles. The zero-order valence-electron chi connectivity index (χ0n) is 20.8. The summed E-state index contributed by atoms with van der Waals surface area (Å²) in [6.45, 7) is 8.34. The molecule has 0 aliphatic carbocycles. The van der Waals surface area contributed by atoms with E-state index in [1.165, 1.54) is 11.3 Å². The first-order valence-electron chi connectivity index (χ1n) is 12.7. The van der Waals surface area contributed by atoms with Crippen molar-refractivity contribution >= 4 is 33.4 Å². The quantitative estimate of drug-likeness (QED) is 0.573. The number of thiazole rings is 1. The van der Waals surface area contributed by atoms with Crippen LogP contribution in [0.3, 0.4) is 0 Å². The summed E-state index contributed by atoms with van der Waals surface area (Å²) >= 11 is 1.43. The minimum absolute atomic E-state index is 0.0135. The van der Waals surface area contributed by atoms with Gasteiger partial charge in [-0.1, -0.05) is 12.1 Å². The van der Waals surface area contributed by atoms with Crippen LogP contribution in [-0.4, -0.2) is 50.8 Å². The molecule has 5 atom stereocenters. The Bertz CT molecular complexity index is 997. The minimum atomic E-state index is -1.27. The number of amides is 2. The molecule has 34 heavy (non-hydrogen) atoms. The molecule has 0 spiro atoms. The van der Waals surface area contributed by atoms with Crippen molar-refractivity contribution in [2.75, 3.05) is 0 Å². The van der Waals surface area contributed by atoms with E-state index in [0.29, 0.717) is 5.01 Å². The molecule has 7 heteroatoms. The molecular weight excluding hydrogens is 444 g/mol. The number of fused-ring (bicyclic) bond motifs is 1. The maximum atomic E-state index is 13.7. The second-order valence-corrected chi connectivity index (χ2v) is 11.4. The predicted molar refractivity (Wildman–Crippen MR) is 135 cm³/mol. The van der Waals surface area contributed by atoms with Crippen molar-refractivity contribution in [2.24, 2.45) is 0 Å². The van der Waals surface area contributed by atoms with Gasteiger partial charge < -0.3 is 9.80 Å². The summed E-state index contributed by atoms with van der Waals surface area (Å²) < 4.78 is 0.969. The molecular formula is C27H36N4O2S. The second-order valence-electron chi connectivity index (χ2n) is 10.4. The number of benzene rings is 1. The third-order valence-electron chi connectivity index (χ3n) is 7.79. The molecule has 1 unspecified atom stereocenters. The summed E-state index contributed by atoms with van der Waals surface area (Å²) in [5.41, 5.74) is -0.465. The zero-order valence-corrected chi connectivity index (χ0v) is 21.6. The molecule has 0 N–H and O–H groups in total. The van der Waals surface area contributed by atoms with E-state index >= 15 is 0 Å². The molecule has 1 aromatic heterocycles. The summed E-state index contributed by atoms with van der Waals surface area (Å²) in [5, 5.41) is 11.2. The second kappa shape index (κ2) is 10.0. The topological polar surface area (TPSA) is 77.3 Å². The number of nitrogens with zero attached hydrogens (tertiary/aromatic N) is 4. The standard InChI is InChI=1S/C27H36N4O2S/c1-18-9-7-10-19(2)30(18)24(32)15-27(17-28,26-29-22-13-5-6-14-23(22)34-26)16-25(33)31-20(3)11-8-12-21(31)4/h5-6,13-14,18-21H,7-12,15-16H2,1-4H3/t18-,19-,20-,21+,27?/m1/s1. The molecule has 2 fully saturated rings. The van der Waals surface area contributed by atoms with E-state index in [2.05, 4.69) is 33.8 Å². The molecule has 6 nitrogen and oxygen atoms in total. The van der Waals surface area contributed by atoms with Gasteiger partial charge >= 0.3 is 0 Å². The summed E-state index contributed by atoms with van der Waals surface area (Å²) in [4.78, 5) is 36.1. The van der Waals surface area contributed by atoms with E-state index in [0.717, 1.165) is 48.7 Å². The SMILES string of the molecule is C[C@@H]1CCC[C@@H](C)N1C(=O)CC(C#N)(CC(=O)N1[C@H](C)CCC[C@@H]1C)c1nc2ccccc2s1. The monoisotopic (exact) mass is 480 g/mol. The number of rotatable bonds is 5. The van der Waals surface area contributed by atoms with E-state index in [1.54, 1.807) is 0 Å². The third-order valence-corrected chi connectivity index (χ3v) is 9.03. The Morgan fingerprint density at radius 3 is 1.85 bits per heavy atom. The molecule has 0 radical (unpaired) electrons. The van der Waals surface area contributed by atoms with Crippen LogP contribution in [-0.2, 0) is 15.0 Å². The van der Waals surface area contributed by atoms with Crippen molar-refractivity contribution in [2.45, 2.75) is 109 Å². The van der Waals surface area contributed by atoms with Gasteiger partial charge in [0, 0.05) is 24.2 Å². The molecule has 2 aliphatic heterocycles. The Hall–Kier alpha value is -2.46. The van der Waals surface area contributed by atoms with E-state index < -0.39 is 5.41 Å². The summed E-state index contributed by atoms with van der Waals surface area (Å²) in [6, 6.07) is 10.8. The summed E-state index contributed by atoms with van der Waals surface area (Å²) in [6.07, 6.45) is 6.07. The van der Waals surface area contributed by atoms with Crippen LogP contribution in [0.1, 0.15) is 84.1 Å².